The van der Waals surface area contributed by atoms with Gasteiger partial charge in [-0.3, -0.25) is 9.89 Å². The second kappa shape index (κ2) is 8.05. The summed E-state index contributed by atoms with van der Waals surface area (Å²) in [7, 11) is 3.28. The summed E-state index contributed by atoms with van der Waals surface area (Å²) < 4.78 is 10.7. The SMILES string of the molecule is COc1ccc(CC[C@H]2CCCCN2C(=O)c2ccn[nH]2)cc1OC. The second-order valence-corrected chi connectivity index (χ2v) is 6.35. The van der Waals surface area contributed by atoms with Crippen LogP contribution in [0.1, 0.15) is 41.7 Å². The van der Waals surface area contributed by atoms with Gasteiger partial charge in [0.25, 0.3) is 5.91 Å². The third kappa shape index (κ3) is 3.95. The summed E-state index contributed by atoms with van der Waals surface area (Å²) in [6.07, 6.45) is 6.74. The fourth-order valence-corrected chi connectivity index (χ4v) is 3.47. The molecule has 0 spiro atoms. The number of methoxy groups -OCH3 is 2. The van der Waals surface area contributed by atoms with Crippen LogP contribution in [0, 0.1) is 0 Å². The van der Waals surface area contributed by atoms with Gasteiger partial charge in [-0.25, -0.2) is 0 Å². The normalized spacial score (nSPS) is 17.4. The summed E-state index contributed by atoms with van der Waals surface area (Å²) in [6.45, 7) is 0.814. The highest BCUT2D eigenvalue weighted by Gasteiger charge is 2.27. The van der Waals surface area contributed by atoms with Crippen LogP contribution < -0.4 is 9.47 Å². The summed E-state index contributed by atoms with van der Waals surface area (Å²) in [6, 6.07) is 8.01. The molecular formula is C19H25N3O3. The molecule has 0 unspecified atom stereocenters. The average Bonchev–Trinajstić information content (AvgIpc) is 3.20. The highest BCUT2D eigenvalue weighted by Crippen LogP contribution is 2.29. The van der Waals surface area contributed by atoms with Crippen LogP contribution in [0.5, 0.6) is 11.5 Å². The van der Waals surface area contributed by atoms with Crippen LogP contribution in [-0.2, 0) is 6.42 Å². The average molecular weight is 343 g/mol. The monoisotopic (exact) mass is 343 g/mol. The molecular weight excluding hydrogens is 318 g/mol. The molecule has 6 nitrogen and oxygen atoms in total. The van der Waals surface area contributed by atoms with Crippen molar-refractivity contribution < 1.29 is 14.3 Å². The van der Waals surface area contributed by atoms with Crippen LogP contribution in [0.4, 0.5) is 0 Å². The van der Waals surface area contributed by atoms with Gasteiger partial charge < -0.3 is 14.4 Å². The molecule has 2 heterocycles. The van der Waals surface area contributed by atoms with E-state index in [1.165, 1.54) is 12.0 Å². The number of hydrogen-bond donors (Lipinski definition) is 1. The molecule has 2 aromatic rings. The Balaban J connectivity index is 1.67. The van der Waals surface area contributed by atoms with Gasteiger partial charge in [0.15, 0.2) is 11.5 Å². The minimum Gasteiger partial charge on any atom is -0.493 e. The summed E-state index contributed by atoms with van der Waals surface area (Å²) in [5.41, 5.74) is 1.76. The molecule has 0 radical (unpaired) electrons. The summed E-state index contributed by atoms with van der Waals surface area (Å²) in [5, 5.41) is 6.68. The third-order valence-corrected chi connectivity index (χ3v) is 4.83. The van der Waals surface area contributed by atoms with Crippen molar-refractivity contribution in [2.75, 3.05) is 20.8 Å². The van der Waals surface area contributed by atoms with Gasteiger partial charge in [0.2, 0.25) is 0 Å². The van der Waals surface area contributed by atoms with Crippen molar-refractivity contribution in [1.82, 2.24) is 15.1 Å². The van der Waals surface area contributed by atoms with Crippen LogP contribution in [-0.4, -0.2) is 47.8 Å². The van der Waals surface area contributed by atoms with Crippen molar-refractivity contribution in [2.24, 2.45) is 0 Å². The van der Waals surface area contributed by atoms with Crippen molar-refractivity contribution in [3.63, 3.8) is 0 Å². The van der Waals surface area contributed by atoms with Gasteiger partial charge in [-0.15, -0.1) is 0 Å². The molecule has 0 aliphatic carbocycles. The molecule has 1 fully saturated rings. The van der Waals surface area contributed by atoms with E-state index >= 15 is 0 Å². The molecule has 1 N–H and O–H groups in total. The first-order valence-electron chi connectivity index (χ1n) is 8.74. The maximum Gasteiger partial charge on any atom is 0.272 e. The van der Waals surface area contributed by atoms with Crippen LogP contribution >= 0.6 is 0 Å². The molecule has 0 bridgehead atoms. The first-order chi connectivity index (χ1) is 12.2. The van der Waals surface area contributed by atoms with Crippen molar-refractivity contribution in [3.8, 4) is 11.5 Å². The number of ether oxygens (including phenoxy) is 2. The Morgan fingerprint density at radius 1 is 1.24 bits per heavy atom. The standard InChI is InChI=1S/C19H25N3O3/c1-24-17-9-7-14(13-18(17)25-2)6-8-15-5-3-4-12-22(15)19(23)16-10-11-20-21-16/h7,9-11,13,15H,3-6,8,12H2,1-2H3,(H,20,21)/t15-/m1/s1. The summed E-state index contributed by atoms with van der Waals surface area (Å²) in [5.74, 6) is 1.53. The quantitative estimate of drug-likeness (QED) is 0.875. The van der Waals surface area contributed by atoms with Crippen LogP contribution in [0.15, 0.2) is 30.5 Å². The molecule has 1 aliphatic rings. The van der Waals surface area contributed by atoms with Crippen molar-refractivity contribution in [1.29, 1.82) is 0 Å². The lowest BCUT2D eigenvalue weighted by Crippen LogP contribution is -2.44. The van der Waals surface area contributed by atoms with Gasteiger partial charge in [0.05, 0.1) is 14.2 Å². The Hall–Kier alpha value is -2.50. The van der Waals surface area contributed by atoms with E-state index in [2.05, 4.69) is 16.3 Å². The largest absolute Gasteiger partial charge is 0.493 e. The zero-order valence-corrected chi connectivity index (χ0v) is 14.8. The van der Waals surface area contributed by atoms with E-state index in [4.69, 9.17) is 9.47 Å². The number of amides is 1. The number of piperidine rings is 1. The van der Waals surface area contributed by atoms with Gasteiger partial charge in [0, 0.05) is 18.8 Å². The number of benzene rings is 1. The number of carbonyl (C=O) groups is 1. The van der Waals surface area contributed by atoms with E-state index in [9.17, 15) is 4.79 Å². The van der Waals surface area contributed by atoms with Crippen molar-refractivity contribution in [2.45, 2.75) is 38.1 Å². The van der Waals surface area contributed by atoms with Crippen LogP contribution in [0.25, 0.3) is 0 Å². The van der Waals surface area contributed by atoms with Crippen LogP contribution in [0.3, 0.4) is 0 Å². The molecule has 1 amide bonds. The number of aromatic nitrogens is 2. The number of rotatable bonds is 6. The topological polar surface area (TPSA) is 67.5 Å². The number of nitrogens with one attached hydrogen (secondary N) is 1. The lowest BCUT2D eigenvalue weighted by atomic mass is 9.95. The maximum atomic E-state index is 12.7. The molecule has 6 heteroatoms. The number of aromatic amines is 1. The zero-order valence-electron chi connectivity index (χ0n) is 14.8. The Morgan fingerprint density at radius 2 is 2.08 bits per heavy atom. The van der Waals surface area contributed by atoms with Crippen LogP contribution in [0.2, 0.25) is 0 Å². The number of aryl methyl sites for hydroxylation is 1. The Kier molecular flexibility index (Phi) is 5.58. The van der Waals surface area contributed by atoms with Crippen molar-refractivity contribution in [3.05, 3.63) is 41.7 Å². The Labute approximate surface area is 148 Å². The molecule has 1 aliphatic heterocycles. The zero-order chi connectivity index (χ0) is 17.6. The molecule has 1 aromatic carbocycles. The van der Waals surface area contributed by atoms with Gasteiger partial charge in [-0.05, 0) is 55.9 Å². The van der Waals surface area contributed by atoms with E-state index in [0.717, 1.165) is 43.7 Å². The molecule has 1 aromatic heterocycles. The number of carbonyl (C=O) groups excluding carboxylic acids is 1. The maximum absolute atomic E-state index is 12.7. The summed E-state index contributed by atoms with van der Waals surface area (Å²) in [4.78, 5) is 14.7. The molecule has 0 saturated carbocycles. The molecule has 1 saturated heterocycles. The van der Waals surface area contributed by atoms with E-state index in [0.29, 0.717) is 5.69 Å². The Morgan fingerprint density at radius 3 is 2.80 bits per heavy atom. The van der Waals surface area contributed by atoms with Gasteiger partial charge >= 0.3 is 0 Å². The Bertz CT molecular complexity index is 700. The van der Waals surface area contributed by atoms with Crippen molar-refractivity contribution >= 4 is 5.91 Å². The first-order valence-corrected chi connectivity index (χ1v) is 8.74. The third-order valence-electron chi connectivity index (χ3n) is 4.83. The van der Waals surface area contributed by atoms with Gasteiger partial charge in [-0.2, -0.15) is 5.10 Å². The second-order valence-electron chi connectivity index (χ2n) is 6.35. The molecule has 134 valence electrons. The lowest BCUT2D eigenvalue weighted by molar-refractivity contribution is 0.0596. The van der Waals surface area contributed by atoms with Gasteiger partial charge in [-0.1, -0.05) is 6.07 Å². The number of H-pyrrole nitrogens is 1. The molecule has 3 rings (SSSR count). The number of hydrogen-bond acceptors (Lipinski definition) is 4. The van der Waals surface area contributed by atoms with E-state index in [1.54, 1.807) is 26.5 Å². The first kappa shape index (κ1) is 17.3. The minimum atomic E-state index is 0.0505. The van der Waals surface area contributed by atoms with E-state index in [-0.39, 0.29) is 11.9 Å². The fraction of sp³-hybridized carbons (Fsp3) is 0.474. The minimum absolute atomic E-state index is 0.0505. The predicted molar refractivity (Wildman–Crippen MR) is 95.1 cm³/mol. The molecule has 25 heavy (non-hydrogen) atoms. The summed E-state index contributed by atoms with van der Waals surface area (Å²) >= 11 is 0. The fourth-order valence-electron chi connectivity index (χ4n) is 3.47. The number of likely N-dealkylation sites (tertiary alicyclic amines) is 1. The molecule has 1 atom stereocenters. The smallest absolute Gasteiger partial charge is 0.272 e. The van der Waals surface area contributed by atoms with E-state index in [1.807, 2.05) is 17.0 Å². The predicted octanol–water partition coefficient (Wildman–Crippen LogP) is 3.05. The lowest BCUT2D eigenvalue weighted by Gasteiger charge is -2.35. The highest BCUT2D eigenvalue weighted by molar-refractivity contribution is 5.92. The number of nitrogens with zero attached hydrogens (tertiary/aromatic N) is 2. The highest BCUT2D eigenvalue weighted by atomic mass is 16.5. The van der Waals surface area contributed by atoms with Gasteiger partial charge in [0.1, 0.15) is 5.69 Å². The van der Waals surface area contributed by atoms with E-state index < -0.39 is 0 Å².